The van der Waals surface area contributed by atoms with Crippen LogP contribution < -0.4 is 0 Å². The molecule has 0 rings (SSSR count). The van der Waals surface area contributed by atoms with Crippen LogP contribution in [0.25, 0.3) is 0 Å². The summed E-state index contributed by atoms with van der Waals surface area (Å²) in [7, 11) is 0. The number of hydrogen-bond donors (Lipinski definition) is 0. The predicted molar refractivity (Wildman–Crippen MR) is 45.6 cm³/mol. The normalized spacial score (nSPS) is 13.7. The number of ether oxygens (including phenoxy) is 2. The van der Waals surface area contributed by atoms with Gasteiger partial charge in [0, 0.05) is 13.8 Å². The molecular weight excluding hydrogens is 172 g/mol. The minimum Gasteiger partial charge on any atom is -0.461 e. The maximum atomic E-state index is 10.6. The topological polar surface area (TPSA) is 52.6 Å². The van der Waals surface area contributed by atoms with E-state index in [1.165, 1.54) is 20.8 Å². The summed E-state index contributed by atoms with van der Waals surface area (Å²) >= 11 is 0. The van der Waals surface area contributed by atoms with Gasteiger partial charge in [0.05, 0.1) is 0 Å². The highest BCUT2D eigenvalue weighted by Crippen LogP contribution is 2.09. The first-order chi connectivity index (χ1) is 5.89. The fourth-order valence-electron chi connectivity index (χ4n) is 0.657. The van der Waals surface area contributed by atoms with E-state index in [4.69, 9.17) is 11.2 Å². The first kappa shape index (κ1) is 11.5. The van der Waals surface area contributed by atoms with Crippen LogP contribution in [0.3, 0.4) is 0 Å². The lowest BCUT2D eigenvalue weighted by Gasteiger charge is -2.22. The molecule has 72 valence electrons. The van der Waals surface area contributed by atoms with Gasteiger partial charge in [-0.1, -0.05) is 5.92 Å². The molecule has 0 aliphatic heterocycles. The Balaban J connectivity index is 4.22. The Labute approximate surface area is 77.2 Å². The molecule has 0 spiro atoms. The van der Waals surface area contributed by atoms with Gasteiger partial charge >= 0.3 is 11.9 Å². The highest BCUT2D eigenvalue weighted by Gasteiger charge is 2.26. The Hall–Kier alpha value is -1.50. The lowest BCUT2D eigenvalue weighted by molar-refractivity contribution is -0.161. The van der Waals surface area contributed by atoms with Crippen LogP contribution in [0.15, 0.2) is 0 Å². The third kappa shape index (κ3) is 4.86. The Morgan fingerprint density at radius 3 is 2.23 bits per heavy atom. The van der Waals surface area contributed by atoms with Gasteiger partial charge < -0.3 is 9.47 Å². The van der Waals surface area contributed by atoms with Gasteiger partial charge in [0.1, 0.15) is 6.61 Å². The van der Waals surface area contributed by atoms with Crippen LogP contribution in [0, 0.1) is 12.3 Å². The van der Waals surface area contributed by atoms with Crippen molar-refractivity contribution in [1.29, 1.82) is 0 Å². The Kier molecular flexibility index (Phi) is 3.99. The summed E-state index contributed by atoms with van der Waals surface area (Å²) in [6, 6.07) is 0. The van der Waals surface area contributed by atoms with Crippen LogP contribution in [0.4, 0.5) is 0 Å². The number of hydrogen-bond acceptors (Lipinski definition) is 4. The average molecular weight is 184 g/mol. The van der Waals surface area contributed by atoms with Gasteiger partial charge in [0.15, 0.2) is 0 Å². The van der Waals surface area contributed by atoms with Crippen LogP contribution in [0.5, 0.6) is 0 Å². The minimum absolute atomic E-state index is 0.127. The maximum Gasteiger partial charge on any atom is 0.304 e. The first-order valence-electron chi connectivity index (χ1n) is 3.70. The standard InChI is InChI=1S/C9H12O4/c1-5-9(4,13-8(3)11)6-12-7(2)10/h1H,6H2,2-4H3/t9-/m0/s1. The number of carbonyl (C=O) groups excluding carboxylic acids is 2. The average Bonchev–Trinajstić information content (AvgIpc) is 2.00. The molecular formula is C9H12O4. The van der Waals surface area contributed by atoms with Gasteiger partial charge in [-0.05, 0) is 6.92 Å². The molecule has 0 aromatic carbocycles. The summed E-state index contributed by atoms with van der Waals surface area (Å²) in [6.45, 7) is 3.86. The SMILES string of the molecule is C#C[C@@](C)(COC(C)=O)OC(C)=O. The van der Waals surface area contributed by atoms with Crippen LogP contribution >= 0.6 is 0 Å². The van der Waals surface area contributed by atoms with Crippen molar-refractivity contribution in [1.82, 2.24) is 0 Å². The van der Waals surface area contributed by atoms with E-state index < -0.39 is 17.5 Å². The zero-order chi connectivity index (χ0) is 10.5. The van der Waals surface area contributed by atoms with E-state index in [-0.39, 0.29) is 6.61 Å². The van der Waals surface area contributed by atoms with Crippen LogP contribution in [0.1, 0.15) is 20.8 Å². The zero-order valence-corrected chi connectivity index (χ0v) is 7.92. The highest BCUT2D eigenvalue weighted by molar-refractivity contribution is 5.67. The maximum absolute atomic E-state index is 10.6. The largest absolute Gasteiger partial charge is 0.461 e. The highest BCUT2D eigenvalue weighted by atomic mass is 16.6. The van der Waals surface area contributed by atoms with E-state index >= 15 is 0 Å². The summed E-state index contributed by atoms with van der Waals surface area (Å²) in [5.41, 5.74) is -1.17. The van der Waals surface area contributed by atoms with Crippen molar-refractivity contribution in [2.24, 2.45) is 0 Å². The molecule has 0 heterocycles. The number of esters is 2. The van der Waals surface area contributed by atoms with Crippen LogP contribution in [-0.2, 0) is 19.1 Å². The summed E-state index contributed by atoms with van der Waals surface area (Å²) in [6.07, 6.45) is 5.12. The van der Waals surface area contributed by atoms with Crippen molar-refractivity contribution in [3.8, 4) is 12.3 Å². The molecule has 0 saturated heterocycles. The molecule has 0 amide bonds. The van der Waals surface area contributed by atoms with E-state index in [1.54, 1.807) is 0 Å². The molecule has 0 unspecified atom stereocenters. The number of rotatable bonds is 3. The molecule has 0 radical (unpaired) electrons. The van der Waals surface area contributed by atoms with Crippen LogP contribution in [-0.4, -0.2) is 24.1 Å². The molecule has 4 nitrogen and oxygen atoms in total. The van der Waals surface area contributed by atoms with E-state index in [0.717, 1.165) is 0 Å². The number of terminal acetylenes is 1. The summed E-state index contributed by atoms with van der Waals surface area (Å²) in [4.78, 5) is 21.1. The fraction of sp³-hybridized carbons (Fsp3) is 0.556. The Bertz CT molecular complexity index is 251. The van der Waals surface area contributed by atoms with Crippen molar-refractivity contribution >= 4 is 11.9 Å². The molecule has 0 aliphatic rings. The molecule has 0 saturated carbocycles. The second-order valence-corrected chi connectivity index (χ2v) is 2.75. The molecule has 4 heteroatoms. The third-order valence-electron chi connectivity index (χ3n) is 1.23. The molecule has 0 bridgehead atoms. The molecule has 0 aliphatic carbocycles. The molecule has 0 N–H and O–H groups in total. The molecule has 0 aromatic heterocycles. The van der Waals surface area contributed by atoms with E-state index in [2.05, 4.69) is 10.7 Å². The lowest BCUT2D eigenvalue weighted by atomic mass is 10.1. The van der Waals surface area contributed by atoms with Crippen molar-refractivity contribution < 1.29 is 19.1 Å². The molecule has 0 fully saturated rings. The van der Waals surface area contributed by atoms with Gasteiger partial charge in [0.25, 0.3) is 0 Å². The third-order valence-corrected chi connectivity index (χ3v) is 1.23. The van der Waals surface area contributed by atoms with E-state index in [0.29, 0.717) is 0 Å². The zero-order valence-electron chi connectivity index (χ0n) is 7.92. The monoisotopic (exact) mass is 184 g/mol. The quantitative estimate of drug-likeness (QED) is 0.473. The molecule has 0 aromatic rings. The summed E-state index contributed by atoms with van der Waals surface area (Å²) in [5, 5.41) is 0. The van der Waals surface area contributed by atoms with Gasteiger partial charge in [-0.3, -0.25) is 9.59 Å². The Morgan fingerprint density at radius 2 is 1.92 bits per heavy atom. The van der Waals surface area contributed by atoms with Crippen molar-refractivity contribution in [3.05, 3.63) is 0 Å². The Morgan fingerprint density at radius 1 is 1.38 bits per heavy atom. The number of carbonyl (C=O) groups is 2. The predicted octanol–water partition coefficient (Wildman–Crippen LogP) is 0.504. The summed E-state index contributed by atoms with van der Waals surface area (Å²) in [5.74, 6) is 1.27. The van der Waals surface area contributed by atoms with E-state index in [9.17, 15) is 9.59 Å². The van der Waals surface area contributed by atoms with Crippen molar-refractivity contribution in [2.75, 3.05) is 6.61 Å². The second kappa shape index (κ2) is 4.51. The van der Waals surface area contributed by atoms with Gasteiger partial charge in [-0.25, -0.2) is 0 Å². The van der Waals surface area contributed by atoms with Crippen molar-refractivity contribution in [3.63, 3.8) is 0 Å². The van der Waals surface area contributed by atoms with Crippen LogP contribution in [0.2, 0.25) is 0 Å². The summed E-state index contributed by atoms with van der Waals surface area (Å²) < 4.78 is 9.43. The van der Waals surface area contributed by atoms with Gasteiger partial charge in [-0.2, -0.15) is 0 Å². The smallest absolute Gasteiger partial charge is 0.304 e. The lowest BCUT2D eigenvalue weighted by Crippen LogP contribution is -2.35. The minimum atomic E-state index is -1.17. The molecule has 13 heavy (non-hydrogen) atoms. The fourth-order valence-corrected chi connectivity index (χ4v) is 0.657. The van der Waals surface area contributed by atoms with E-state index in [1.807, 2.05) is 0 Å². The van der Waals surface area contributed by atoms with Gasteiger partial charge in [-0.15, -0.1) is 6.42 Å². The van der Waals surface area contributed by atoms with Crippen molar-refractivity contribution in [2.45, 2.75) is 26.4 Å². The second-order valence-electron chi connectivity index (χ2n) is 2.75. The molecule has 1 atom stereocenters. The first-order valence-corrected chi connectivity index (χ1v) is 3.70. The van der Waals surface area contributed by atoms with Gasteiger partial charge in [0.2, 0.25) is 5.60 Å².